The van der Waals surface area contributed by atoms with E-state index < -0.39 is 0 Å². The number of benzene rings is 6. The molecule has 9 rings (SSSR count). The Bertz CT molecular complexity index is 2440. The van der Waals surface area contributed by atoms with E-state index in [-0.39, 0.29) is 0 Å². The van der Waals surface area contributed by atoms with Crippen LogP contribution >= 0.6 is 0 Å². The maximum absolute atomic E-state index is 6.63. The van der Waals surface area contributed by atoms with Crippen LogP contribution < -0.4 is 0 Å². The first-order chi connectivity index (χ1) is 20.1. The molecule has 194 valence electrons. The number of fused-ring (bicyclic) bond motifs is 9. The number of aryl methyl sites for hydroxylation is 2. The van der Waals surface area contributed by atoms with Crippen molar-refractivity contribution in [1.29, 1.82) is 0 Å². The molecule has 0 aliphatic rings. The SMILES string of the molecule is Cc1ccc2c(c1)c1cc(C)ccc1n2-c1cccc2c1oc1ccc(-c3cccc4c3oc3ccccc34)cc12. The maximum Gasteiger partial charge on any atom is 0.159 e. The molecule has 0 unspecified atom stereocenters. The molecule has 0 radical (unpaired) electrons. The Balaban J connectivity index is 1.31. The third-order valence-electron chi connectivity index (χ3n) is 8.51. The summed E-state index contributed by atoms with van der Waals surface area (Å²) in [6.45, 7) is 4.31. The van der Waals surface area contributed by atoms with E-state index in [0.29, 0.717) is 0 Å². The molecule has 41 heavy (non-hydrogen) atoms. The lowest BCUT2D eigenvalue weighted by Crippen LogP contribution is -1.94. The van der Waals surface area contributed by atoms with Crippen molar-refractivity contribution in [2.45, 2.75) is 13.8 Å². The molecular weight excluding hydrogens is 502 g/mol. The molecule has 0 aliphatic heterocycles. The topological polar surface area (TPSA) is 31.2 Å². The van der Waals surface area contributed by atoms with E-state index in [9.17, 15) is 0 Å². The molecule has 0 fully saturated rings. The molecule has 3 aromatic heterocycles. The van der Waals surface area contributed by atoms with Crippen molar-refractivity contribution in [3.05, 3.63) is 126 Å². The lowest BCUT2D eigenvalue weighted by atomic mass is 10.0. The number of rotatable bonds is 2. The molecule has 3 heterocycles. The Morgan fingerprint density at radius 2 is 1.10 bits per heavy atom. The number of furan rings is 2. The molecule has 3 heteroatoms. The van der Waals surface area contributed by atoms with E-state index in [2.05, 4.69) is 122 Å². The van der Waals surface area contributed by atoms with Gasteiger partial charge in [-0.25, -0.2) is 0 Å². The molecule has 3 nitrogen and oxygen atoms in total. The van der Waals surface area contributed by atoms with Gasteiger partial charge in [0.05, 0.1) is 16.7 Å². The van der Waals surface area contributed by atoms with Crippen LogP contribution in [0.2, 0.25) is 0 Å². The molecule has 6 aromatic carbocycles. The summed E-state index contributed by atoms with van der Waals surface area (Å²) in [5.74, 6) is 0. The van der Waals surface area contributed by atoms with Gasteiger partial charge < -0.3 is 13.4 Å². The van der Waals surface area contributed by atoms with Gasteiger partial charge in [0.2, 0.25) is 0 Å². The van der Waals surface area contributed by atoms with E-state index >= 15 is 0 Å². The van der Waals surface area contributed by atoms with Crippen molar-refractivity contribution in [1.82, 2.24) is 4.57 Å². The Kier molecular flexibility index (Phi) is 4.46. The van der Waals surface area contributed by atoms with E-state index in [1.54, 1.807) is 0 Å². The van der Waals surface area contributed by atoms with Crippen LogP contribution in [0.25, 0.3) is 82.5 Å². The van der Waals surface area contributed by atoms with Gasteiger partial charge in [-0.3, -0.25) is 0 Å². The average molecular weight is 528 g/mol. The summed E-state index contributed by atoms with van der Waals surface area (Å²) in [4.78, 5) is 0. The summed E-state index contributed by atoms with van der Waals surface area (Å²) in [7, 11) is 0. The van der Waals surface area contributed by atoms with Crippen LogP contribution in [-0.4, -0.2) is 4.57 Å². The quantitative estimate of drug-likeness (QED) is 0.224. The van der Waals surface area contributed by atoms with Crippen LogP contribution in [0.5, 0.6) is 0 Å². The minimum atomic E-state index is 0.875. The average Bonchev–Trinajstić information content (AvgIpc) is 3.66. The van der Waals surface area contributed by atoms with Gasteiger partial charge in [-0.05, 0) is 67.9 Å². The summed E-state index contributed by atoms with van der Waals surface area (Å²) >= 11 is 0. The zero-order valence-corrected chi connectivity index (χ0v) is 22.7. The fraction of sp³-hybridized carbons (Fsp3) is 0.0526. The zero-order chi connectivity index (χ0) is 27.2. The lowest BCUT2D eigenvalue weighted by Gasteiger charge is -2.08. The standard InChI is InChI=1S/C38H25NO2/c1-22-13-16-32-29(19-22)30-20-23(2)14-17-33(30)39(32)34-11-6-10-28-31-21-24(15-18-36(31)41-38(28)34)25-8-5-9-27-26-7-3-4-12-35(26)40-37(25)27/h3-21H,1-2H3. The highest BCUT2D eigenvalue weighted by Gasteiger charge is 2.19. The van der Waals surface area contributed by atoms with Gasteiger partial charge in [0, 0.05) is 37.9 Å². The summed E-state index contributed by atoms with van der Waals surface area (Å²) in [5.41, 5.74) is 11.7. The highest BCUT2D eigenvalue weighted by atomic mass is 16.3. The second-order valence-corrected chi connectivity index (χ2v) is 11.1. The fourth-order valence-electron chi connectivity index (χ4n) is 6.61. The summed E-state index contributed by atoms with van der Waals surface area (Å²) < 4.78 is 15.3. The van der Waals surface area contributed by atoms with Gasteiger partial charge in [0.15, 0.2) is 5.58 Å². The van der Waals surface area contributed by atoms with E-state index in [1.807, 2.05) is 12.1 Å². The van der Waals surface area contributed by atoms with Crippen LogP contribution in [0.15, 0.2) is 124 Å². The monoisotopic (exact) mass is 527 g/mol. The van der Waals surface area contributed by atoms with E-state index in [4.69, 9.17) is 8.83 Å². The predicted octanol–water partition coefficient (Wildman–Crippen LogP) is 10.9. The molecular formula is C38H25NO2. The molecule has 0 amide bonds. The summed E-state index contributed by atoms with van der Waals surface area (Å²) in [6.07, 6.45) is 0. The van der Waals surface area contributed by atoms with Crippen LogP contribution in [0.4, 0.5) is 0 Å². The maximum atomic E-state index is 6.63. The van der Waals surface area contributed by atoms with E-state index in [0.717, 1.165) is 60.7 Å². The molecule has 0 N–H and O–H groups in total. The minimum Gasteiger partial charge on any atom is -0.455 e. The molecule has 0 bridgehead atoms. The lowest BCUT2D eigenvalue weighted by molar-refractivity contribution is 0.666. The number of nitrogens with zero attached hydrogens (tertiary/aromatic N) is 1. The number of hydrogen-bond acceptors (Lipinski definition) is 2. The minimum absolute atomic E-state index is 0.875. The number of aromatic nitrogens is 1. The molecule has 0 saturated carbocycles. The summed E-state index contributed by atoms with van der Waals surface area (Å²) in [6, 6.07) is 41.0. The van der Waals surface area contributed by atoms with Gasteiger partial charge in [-0.2, -0.15) is 0 Å². The largest absolute Gasteiger partial charge is 0.455 e. The van der Waals surface area contributed by atoms with Crippen LogP contribution in [0.3, 0.4) is 0 Å². The van der Waals surface area contributed by atoms with Gasteiger partial charge >= 0.3 is 0 Å². The Labute approximate surface area is 235 Å². The smallest absolute Gasteiger partial charge is 0.159 e. The fourth-order valence-corrected chi connectivity index (χ4v) is 6.61. The van der Waals surface area contributed by atoms with Crippen molar-refractivity contribution >= 4 is 65.7 Å². The Morgan fingerprint density at radius 1 is 0.463 bits per heavy atom. The number of hydrogen-bond donors (Lipinski definition) is 0. The first kappa shape index (κ1) is 22.5. The molecule has 9 aromatic rings. The first-order valence-corrected chi connectivity index (χ1v) is 14.0. The highest BCUT2D eigenvalue weighted by Crippen LogP contribution is 2.41. The van der Waals surface area contributed by atoms with Crippen molar-refractivity contribution < 1.29 is 8.83 Å². The third kappa shape index (κ3) is 3.14. The van der Waals surface area contributed by atoms with Crippen molar-refractivity contribution in [3.8, 4) is 16.8 Å². The van der Waals surface area contributed by atoms with Gasteiger partial charge in [-0.1, -0.05) is 77.9 Å². The normalized spacial score (nSPS) is 12.1. The third-order valence-corrected chi connectivity index (χ3v) is 8.51. The van der Waals surface area contributed by atoms with Gasteiger partial charge in [-0.15, -0.1) is 0 Å². The van der Waals surface area contributed by atoms with Crippen molar-refractivity contribution in [2.24, 2.45) is 0 Å². The van der Waals surface area contributed by atoms with Gasteiger partial charge in [0.1, 0.15) is 16.7 Å². The first-order valence-electron chi connectivity index (χ1n) is 14.0. The van der Waals surface area contributed by atoms with Crippen molar-refractivity contribution in [2.75, 3.05) is 0 Å². The molecule has 0 atom stereocenters. The van der Waals surface area contributed by atoms with Crippen LogP contribution in [0.1, 0.15) is 11.1 Å². The van der Waals surface area contributed by atoms with E-state index in [1.165, 1.54) is 32.9 Å². The second-order valence-electron chi connectivity index (χ2n) is 11.1. The van der Waals surface area contributed by atoms with Crippen LogP contribution in [-0.2, 0) is 0 Å². The Morgan fingerprint density at radius 3 is 1.88 bits per heavy atom. The van der Waals surface area contributed by atoms with Gasteiger partial charge in [0.25, 0.3) is 0 Å². The second kappa shape index (κ2) is 8.12. The molecule has 0 spiro atoms. The highest BCUT2D eigenvalue weighted by molar-refractivity contribution is 6.14. The number of para-hydroxylation sites is 3. The zero-order valence-electron chi connectivity index (χ0n) is 22.7. The van der Waals surface area contributed by atoms with Crippen molar-refractivity contribution in [3.63, 3.8) is 0 Å². The Hall–Kier alpha value is -5.28. The molecule has 0 saturated heterocycles. The molecule has 0 aliphatic carbocycles. The summed E-state index contributed by atoms with van der Waals surface area (Å²) in [5, 5.41) is 7.00. The predicted molar refractivity (Wildman–Crippen MR) is 170 cm³/mol. The van der Waals surface area contributed by atoms with Crippen LogP contribution in [0, 0.1) is 13.8 Å².